The van der Waals surface area contributed by atoms with Gasteiger partial charge in [-0.05, 0) is 36.7 Å². The predicted octanol–water partition coefficient (Wildman–Crippen LogP) is 2.19. The third-order valence-corrected chi connectivity index (χ3v) is 4.27. The molecule has 2 aromatic rings. The number of nitrogens with one attached hydrogen (secondary N) is 2. The fourth-order valence-electron chi connectivity index (χ4n) is 2.06. The normalized spacial score (nSPS) is 10.7. The van der Waals surface area contributed by atoms with Gasteiger partial charge in [-0.3, -0.25) is 25.3 Å². The zero-order chi connectivity index (χ0) is 16.7. The molecule has 0 atom stereocenters. The summed E-state index contributed by atoms with van der Waals surface area (Å²) in [5, 5.41) is 1.90. The van der Waals surface area contributed by atoms with E-state index in [0.717, 1.165) is 23.7 Å². The van der Waals surface area contributed by atoms with Crippen LogP contribution in [0.1, 0.15) is 35.0 Å². The van der Waals surface area contributed by atoms with Gasteiger partial charge in [0.15, 0.2) is 5.76 Å². The Morgan fingerprint density at radius 2 is 1.96 bits per heavy atom. The minimum atomic E-state index is -0.463. The quantitative estimate of drug-likeness (QED) is 0.761. The van der Waals surface area contributed by atoms with Crippen LogP contribution in [0.5, 0.6) is 0 Å². The number of nitrogens with zero attached hydrogens (tertiary/aromatic N) is 1. The van der Waals surface area contributed by atoms with Crippen molar-refractivity contribution < 1.29 is 14.0 Å². The molecule has 0 unspecified atom stereocenters. The van der Waals surface area contributed by atoms with E-state index in [9.17, 15) is 9.59 Å². The lowest BCUT2D eigenvalue weighted by Gasteiger charge is -2.15. The van der Waals surface area contributed by atoms with Crippen LogP contribution in [0, 0.1) is 0 Å². The van der Waals surface area contributed by atoms with Crippen molar-refractivity contribution in [3.8, 4) is 0 Å². The molecule has 2 N–H and O–H groups in total. The van der Waals surface area contributed by atoms with E-state index in [2.05, 4.69) is 29.6 Å². The SMILES string of the molecule is CCN(CC)Cc1ccc(C(=O)NNC(=O)Cc2cccs2)o1. The standard InChI is InChI=1S/C16H21N3O3S/c1-3-19(4-2)11-12-7-8-14(22-12)16(21)18-17-15(20)10-13-6-5-9-23-13/h5-9H,3-4,10-11H2,1-2H3,(H,17,20)(H,18,21). The first-order valence-electron chi connectivity index (χ1n) is 7.55. The summed E-state index contributed by atoms with van der Waals surface area (Å²) in [5.74, 6) is 0.179. The highest BCUT2D eigenvalue weighted by molar-refractivity contribution is 7.10. The summed E-state index contributed by atoms with van der Waals surface area (Å²) >= 11 is 1.50. The first-order chi connectivity index (χ1) is 11.1. The monoisotopic (exact) mass is 335 g/mol. The van der Waals surface area contributed by atoms with Crippen LogP contribution >= 0.6 is 11.3 Å². The highest BCUT2D eigenvalue weighted by Crippen LogP contribution is 2.11. The number of carbonyl (C=O) groups excluding carboxylic acids is 2. The Balaban J connectivity index is 1.81. The maximum absolute atomic E-state index is 12.0. The molecule has 0 saturated heterocycles. The molecule has 6 nitrogen and oxygen atoms in total. The summed E-state index contributed by atoms with van der Waals surface area (Å²) in [6.07, 6.45) is 0.239. The van der Waals surface area contributed by atoms with E-state index in [-0.39, 0.29) is 18.1 Å². The number of rotatable bonds is 7. The molecule has 0 aliphatic heterocycles. The maximum atomic E-state index is 12.0. The van der Waals surface area contributed by atoms with Gasteiger partial charge in [-0.15, -0.1) is 11.3 Å². The molecule has 0 fully saturated rings. The number of thiophene rings is 1. The Hall–Kier alpha value is -2.12. The summed E-state index contributed by atoms with van der Waals surface area (Å²) in [6.45, 7) is 6.63. The minimum absolute atomic E-state index is 0.184. The molecule has 0 radical (unpaired) electrons. The van der Waals surface area contributed by atoms with E-state index in [1.54, 1.807) is 12.1 Å². The number of furan rings is 1. The summed E-state index contributed by atoms with van der Waals surface area (Å²) in [6, 6.07) is 7.14. The smallest absolute Gasteiger partial charge is 0.305 e. The van der Waals surface area contributed by atoms with Gasteiger partial charge in [0.2, 0.25) is 5.91 Å². The first-order valence-corrected chi connectivity index (χ1v) is 8.43. The molecule has 7 heteroatoms. The topological polar surface area (TPSA) is 74.6 Å². The molecule has 0 aliphatic carbocycles. The van der Waals surface area contributed by atoms with Crippen LogP contribution in [0.4, 0.5) is 0 Å². The fourth-order valence-corrected chi connectivity index (χ4v) is 2.76. The predicted molar refractivity (Wildman–Crippen MR) is 89.0 cm³/mol. The Kier molecular flexibility index (Phi) is 6.37. The van der Waals surface area contributed by atoms with E-state index < -0.39 is 5.91 Å². The Morgan fingerprint density at radius 3 is 2.61 bits per heavy atom. The highest BCUT2D eigenvalue weighted by Gasteiger charge is 2.13. The van der Waals surface area contributed by atoms with Gasteiger partial charge in [-0.1, -0.05) is 19.9 Å². The van der Waals surface area contributed by atoms with Crippen molar-refractivity contribution in [2.75, 3.05) is 13.1 Å². The van der Waals surface area contributed by atoms with Gasteiger partial charge >= 0.3 is 5.91 Å². The summed E-state index contributed by atoms with van der Waals surface area (Å²) < 4.78 is 5.51. The van der Waals surface area contributed by atoms with E-state index >= 15 is 0 Å². The van der Waals surface area contributed by atoms with Gasteiger partial charge < -0.3 is 4.42 Å². The van der Waals surface area contributed by atoms with E-state index in [0.29, 0.717) is 6.54 Å². The van der Waals surface area contributed by atoms with Gasteiger partial charge in [0.05, 0.1) is 13.0 Å². The van der Waals surface area contributed by atoms with Crippen LogP contribution < -0.4 is 10.9 Å². The average molecular weight is 335 g/mol. The van der Waals surface area contributed by atoms with Gasteiger partial charge in [0, 0.05) is 4.88 Å². The highest BCUT2D eigenvalue weighted by atomic mass is 32.1. The van der Waals surface area contributed by atoms with Crippen LogP contribution in [0.25, 0.3) is 0 Å². The number of carbonyl (C=O) groups is 2. The molecule has 2 amide bonds. The second-order valence-electron chi connectivity index (χ2n) is 4.99. The molecule has 124 valence electrons. The molecule has 0 spiro atoms. The number of hydrogen-bond acceptors (Lipinski definition) is 5. The molecule has 0 aromatic carbocycles. The Labute approximate surface area is 139 Å². The average Bonchev–Trinajstić information content (AvgIpc) is 3.22. The summed E-state index contributed by atoms with van der Waals surface area (Å²) in [4.78, 5) is 26.8. The molecule has 0 saturated carbocycles. The van der Waals surface area contributed by atoms with Crippen molar-refractivity contribution in [1.82, 2.24) is 15.8 Å². The molecule has 2 heterocycles. The molecular weight excluding hydrogens is 314 g/mol. The largest absolute Gasteiger partial charge is 0.454 e. The molecule has 23 heavy (non-hydrogen) atoms. The van der Waals surface area contributed by atoms with Gasteiger partial charge in [-0.2, -0.15) is 0 Å². The van der Waals surface area contributed by atoms with Crippen molar-refractivity contribution in [1.29, 1.82) is 0 Å². The molecule has 2 rings (SSSR count). The lowest BCUT2D eigenvalue weighted by atomic mass is 10.3. The second-order valence-corrected chi connectivity index (χ2v) is 6.02. The number of amides is 2. The van der Waals surface area contributed by atoms with E-state index in [1.165, 1.54) is 11.3 Å². The van der Waals surface area contributed by atoms with Crippen molar-refractivity contribution in [2.24, 2.45) is 0 Å². The Bertz CT molecular complexity index is 633. The van der Waals surface area contributed by atoms with Gasteiger partial charge in [-0.25, -0.2) is 0 Å². The van der Waals surface area contributed by atoms with Crippen LogP contribution in [0.15, 0.2) is 34.1 Å². The zero-order valence-electron chi connectivity index (χ0n) is 13.3. The van der Waals surface area contributed by atoms with Crippen molar-refractivity contribution in [3.63, 3.8) is 0 Å². The first kappa shape index (κ1) is 17.2. The Morgan fingerprint density at radius 1 is 1.17 bits per heavy atom. The van der Waals surface area contributed by atoms with Crippen molar-refractivity contribution >= 4 is 23.2 Å². The second kappa shape index (κ2) is 8.50. The lowest BCUT2D eigenvalue weighted by Crippen LogP contribution is -2.42. The third-order valence-electron chi connectivity index (χ3n) is 3.39. The van der Waals surface area contributed by atoms with Crippen LogP contribution in [-0.4, -0.2) is 29.8 Å². The van der Waals surface area contributed by atoms with E-state index in [4.69, 9.17) is 4.42 Å². The minimum Gasteiger partial charge on any atom is -0.454 e. The van der Waals surface area contributed by atoms with Crippen LogP contribution in [0.2, 0.25) is 0 Å². The number of hydrogen-bond donors (Lipinski definition) is 2. The lowest BCUT2D eigenvalue weighted by molar-refractivity contribution is -0.121. The molecular formula is C16H21N3O3S. The molecule has 0 aliphatic rings. The van der Waals surface area contributed by atoms with Crippen LogP contribution in [-0.2, 0) is 17.8 Å². The summed E-state index contributed by atoms with van der Waals surface area (Å²) in [5.41, 5.74) is 4.75. The number of hydrazine groups is 1. The van der Waals surface area contributed by atoms with Crippen molar-refractivity contribution in [3.05, 3.63) is 46.0 Å². The summed E-state index contributed by atoms with van der Waals surface area (Å²) in [7, 11) is 0. The van der Waals surface area contributed by atoms with E-state index in [1.807, 2.05) is 17.5 Å². The maximum Gasteiger partial charge on any atom is 0.305 e. The zero-order valence-corrected chi connectivity index (χ0v) is 14.1. The third kappa shape index (κ3) is 5.22. The van der Waals surface area contributed by atoms with Gasteiger partial charge in [0.1, 0.15) is 5.76 Å². The molecule has 2 aromatic heterocycles. The fraction of sp³-hybridized carbons (Fsp3) is 0.375. The van der Waals surface area contributed by atoms with Crippen LogP contribution in [0.3, 0.4) is 0 Å². The van der Waals surface area contributed by atoms with Gasteiger partial charge in [0.25, 0.3) is 0 Å². The van der Waals surface area contributed by atoms with Crippen molar-refractivity contribution in [2.45, 2.75) is 26.8 Å². The molecule has 0 bridgehead atoms.